The number of thioether (sulfide) groups is 1. The zero-order chi connectivity index (χ0) is 27.5. The fourth-order valence-electron chi connectivity index (χ4n) is 4.18. The number of carbonyl (C=O) groups is 2. The highest BCUT2D eigenvalue weighted by atomic mass is 32.2. The molecule has 0 atom stereocenters. The highest BCUT2D eigenvalue weighted by molar-refractivity contribution is 8.00. The number of benzene rings is 2. The first-order valence-electron chi connectivity index (χ1n) is 12.4. The molecule has 1 heterocycles. The first-order valence-corrected chi connectivity index (χ1v) is 13.2. The summed E-state index contributed by atoms with van der Waals surface area (Å²) < 4.78 is 15.7. The second kappa shape index (κ2) is 11.1. The Morgan fingerprint density at radius 3 is 2.24 bits per heavy atom. The number of fused-ring (bicyclic) bond motifs is 1. The van der Waals surface area contributed by atoms with E-state index >= 15 is 0 Å². The molecule has 0 radical (unpaired) electrons. The number of nitrogens with two attached hydrogens (primary N) is 1. The molecule has 3 aromatic rings. The lowest BCUT2D eigenvalue weighted by molar-refractivity contribution is -0.126. The average Bonchev–Trinajstić information content (AvgIpc) is 3.03. The zero-order valence-electron chi connectivity index (χ0n) is 22.5. The first-order chi connectivity index (χ1) is 17.2. The van der Waals surface area contributed by atoms with Crippen molar-refractivity contribution in [1.82, 2.24) is 9.88 Å². The van der Waals surface area contributed by atoms with E-state index in [1.165, 1.54) is 19.1 Å². The Balaban J connectivity index is 2.17. The van der Waals surface area contributed by atoms with Crippen molar-refractivity contribution in [3.63, 3.8) is 0 Å². The van der Waals surface area contributed by atoms with Gasteiger partial charge in [0.05, 0.1) is 0 Å². The second-order valence-corrected chi connectivity index (χ2v) is 13.0. The Morgan fingerprint density at radius 1 is 1.05 bits per heavy atom. The fourth-order valence-corrected chi connectivity index (χ4v) is 5.36. The number of primary amides is 1. The lowest BCUT2D eigenvalue weighted by Crippen LogP contribution is -2.34. The van der Waals surface area contributed by atoms with E-state index in [-0.39, 0.29) is 28.2 Å². The van der Waals surface area contributed by atoms with E-state index in [1.54, 1.807) is 23.9 Å². The topological polar surface area (TPSA) is 101 Å². The van der Waals surface area contributed by atoms with Gasteiger partial charge >= 0.3 is 0 Å². The zero-order valence-corrected chi connectivity index (χ0v) is 23.3. The molecule has 0 aliphatic rings. The maximum atomic E-state index is 13.6. The van der Waals surface area contributed by atoms with Crippen molar-refractivity contribution < 1.29 is 14.0 Å². The summed E-state index contributed by atoms with van der Waals surface area (Å²) in [4.78, 5) is 24.7. The highest BCUT2D eigenvalue weighted by Crippen LogP contribution is 2.43. The number of aromatic nitrogens is 1. The molecule has 37 heavy (non-hydrogen) atoms. The van der Waals surface area contributed by atoms with Crippen molar-refractivity contribution in [3.05, 3.63) is 65.1 Å². The Bertz CT molecular complexity index is 1320. The number of amides is 2. The molecule has 0 fully saturated rings. The predicted octanol–water partition coefficient (Wildman–Crippen LogP) is 5.82. The smallest absolute Gasteiger partial charge is 0.223 e. The first kappa shape index (κ1) is 28.4. The number of hydrogen-bond acceptors (Lipinski definition) is 4. The third-order valence-electron chi connectivity index (χ3n) is 6.11. The van der Waals surface area contributed by atoms with Crippen LogP contribution in [0.15, 0.2) is 47.4 Å². The molecule has 0 aliphatic carbocycles. The van der Waals surface area contributed by atoms with Crippen LogP contribution in [0.5, 0.6) is 0 Å². The van der Waals surface area contributed by atoms with E-state index in [9.17, 15) is 14.0 Å². The maximum absolute atomic E-state index is 13.6. The normalized spacial score (nSPS) is 12.1. The van der Waals surface area contributed by atoms with Crippen molar-refractivity contribution in [1.29, 1.82) is 5.41 Å². The van der Waals surface area contributed by atoms with Gasteiger partial charge in [-0.25, -0.2) is 4.39 Å². The molecule has 0 bridgehead atoms. The Labute approximate surface area is 222 Å². The van der Waals surface area contributed by atoms with E-state index < -0.39 is 5.41 Å². The van der Waals surface area contributed by atoms with E-state index in [2.05, 4.69) is 42.8 Å². The molecular formula is C29H37FN4O2S. The summed E-state index contributed by atoms with van der Waals surface area (Å²) in [5, 5.41) is 11.6. The number of nitrogens with one attached hydrogen (secondary N) is 2. The quantitative estimate of drug-likeness (QED) is 0.187. The van der Waals surface area contributed by atoms with Gasteiger partial charge in [0.1, 0.15) is 11.7 Å². The molecule has 0 aliphatic heterocycles. The summed E-state index contributed by atoms with van der Waals surface area (Å²) in [6.07, 6.45) is 1.49. The van der Waals surface area contributed by atoms with Crippen LogP contribution in [0.2, 0.25) is 0 Å². The van der Waals surface area contributed by atoms with Crippen molar-refractivity contribution in [2.45, 2.75) is 77.0 Å². The van der Waals surface area contributed by atoms with Crippen LogP contribution in [0.3, 0.4) is 0 Å². The molecular weight excluding hydrogens is 487 g/mol. The minimum Gasteiger partial charge on any atom is -0.369 e. The summed E-state index contributed by atoms with van der Waals surface area (Å²) in [5.74, 6) is -0.705. The van der Waals surface area contributed by atoms with Crippen LogP contribution in [0.25, 0.3) is 10.9 Å². The number of aryl methyl sites for hydroxylation is 1. The van der Waals surface area contributed by atoms with Gasteiger partial charge in [-0.15, -0.1) is 11.8 Å². The largest absolute Gasteiger partial charge is 0.369 e. The minimum atomic E-state index is -0.765. The maximum Gasteiger partial charge on any atom is 0.223 e. The SMILES string of the molecule is CC(=O)NC(=N)CCc1ccc2c(c1)c(SC(C)(C)C)c(CC(C)(C)C(N)=O)n2Cc1ccc(F)cc1. The molecule has 3 rings (SSSR count). The molecule has 8 heteroatoms. The van der Waals surface area contributed by atoms with Crippen LogP contribution < -0.4 is 11.1 Å². The van der Waals surface area contributed by atoms with Gasteiger partial charge in [0, 0.05) is 58.0 Å². The standard InChI is InChI=1S/C29H37FN4O2S/c1-18(35)33-25(31)14-10-19-9-13-23-22(15-19)26(37-28(2,3)4)24(16-29(5,6)27(32)36)34(23)17-20-7-11-21(30)12-8-20/h7-9,11-13,15H,10,14,16-17H2,1-6H3,(H2,32,36)(H2,31,33,35). The van der Waals surface area contributed by atoms with Gasteiger partial charge < -0.3 is 15.6 Å². The molecule has 0 unspecified atom stereocenters. The summed E-state index contributed by atoms with van der Waals surface area (Å²) in [6, 6.07) is 12.7. The number of amidine groups is 1. The van der Waals surface area contributed by atoms with Crippen LogP contribution in [0.1, 0.15) is 64.8 Å². The molecule has 1 aromatic heterocycles. The number of halogens is 1. The lowest BCUT2D eigenvalue weighted by Gasteiger charge is -2.25. The molecule has 0 spiro atoms. The van der Waals surface area contributed by atoms with Crippen molar-refractivity contribution in [2.24, 2.45) is 11.1 Å². The van der Waals surface area contributed by atoms with Gasteiger partial charge in [-0.05, 0) is 41.8 Å². The van der Waals surface area contributed by atoms with Crippen LogP contribution in [-0.4, -0.2) is 27.0 Å². The van der Waals surface area contributed by atoms with E-state index in [0.717, 1.165) is 32.6 Å². The molecule has 4 N–H and O–H groups in total. The van der Waals surface area contributed by atoms with E-state index in [1.807, 2.05) is 19.9 Å². The predicted molar refractivity (Wildman–Crippen MR) is 150 cm³/mol. The third kappa shape index (κ3) is 7.44. The minimum absolute atomic E-state index is 0.0931. The van der Waals surface area contributed by atoms with Crippen molar-refractivity contribution in [3.8, 4) is 0 Å². The van der Waals surface area contributed by atoms with Crippen LogP contribution in [-0.2, 0) is 29.0 Å². The highest BCUT2D eigenvalue weighted by Gasteiger charge is 2.31. The number of hydrogen-bond donors (Lipinski definition) is 3. The summed E-state index contributed by atoms with van der Waals surface area (Å²) in [6.45, 7) is 12.1. The van der Waals surface area contributed by atoms with Crippen LogP contribution >= 0.6 is 11.8 Å². The van der Waals surface area contributed by atoms with E-state index in [4.69, 9.17) is 11.1 Å². The lowest BCUT2D eigenvalue weighted by atomic mass is 9.87. The Morgan fingerprint density at radius 2 is 1.68 bits per heavy atom. The Kier molecular flexibility index (Phi) is 8.52. The summed E-state index contributed by atoms with van der Waals surface area (Å²) in [7, 11) is 0. The van der Waals surface area contributed by atoms with Gasteiger partial charge in [-0.3, -0.25) is 15.0 Å². The molecule has 0 saturated heterocycles. The average molecular weight is 525 g/mol. The summed E-state index contributed by atoms with van der Waals surface area (Å²) >= 11 is 1.75. The second-order valence-electron chi connectivity index (χ2n) is 11.1. The number of rotatable bonds is 9. The van der Waals surface area contributed by atoms with Crippen molar-refractivity contribution in [2.75, 3.05) is 0 Å². The Hall–Kier alpha value is -3.13. The van der Waals surface area contributed by atoms with Gasteiger partial charge in [-0.1, -0.05) is 52.8 Å². The molecule has 2 amide bonds. The third-order valence-corrected chi connectivity index (χ3v) is 7.39. The molecule has 2 aromatic carbocycles. The van der Waals surface area contributed by atoms with Crippen LogP contribution in [0, 0.1) is 16.6 Å². The van der Waals surface area contributed by atoms with Gasteiger partial charge in [0.25, 0.3) is 0 Å². The fraction of sp³-hybridized carbons (Fsp3) is 0.414. The summed E-state index contributed by atoms with van der Waals surface area (Å²) in [5.41, 5.74) is 9.07. The molecule has 0 saturated carbocycles. The van der Waals surface area contributed by atoms with Gasteiger partial charge in [0.2, 0.25) is 11.8 Å². The van der Waals surface area contributed by atoms with E-state index in [0.29, 0.717) is 25.8 Å². The molecule has 198 valence electrons. The van der Waals surface area contributed by atoms with Gasteiger partial charge in [-0.2, -0.15) is 0 Å². The van der Waals surface area contributed by atoms with Crippen molar-refractivity contribution >= 4 is 40.3 Å². The monoisotopic (exact) mass is 524 g/mol. The number of carbonyl (C=O) groups excluding carboxylic acids is 2. The van der Waals surface area contributed by atoms with Crippen LogP contribution in [0.4, 0.5) is 4.39 Å². The molecule has 6 nitrogen and oxygen atoms in total. The van der Waals surface area contributed by atoms with Gasteiger partial charge in [0.15, 0.2) is 0 Å². The number of nitrogens with zero attached hydrogens (tertiary/aromatic N) is 1.